The number of esters is 1. The van der Waals surface area contributed by atoms with E-state index in [1.165, 1.54) is 7.11 Å². The highest BCUT2D eigenvalue weighted by Crippen LogP contribution is 2.01. The van der Waals surface area contributed by atoms with Gasteiger partial charge in [0.2, 0.25) is 5.78 Å². The molecule has 0 saturated heterocycles. The summed E-state index contributed by atoms with van der Waals surface area (Å²) in [4.78, 5) is 21.4. The Balaban J connectivity index is 3.44. The lowest BCUT2D eigenvalue weighted by molar-refractivity contribution is -0.151. The van der Waals surface area contributed by atoms with Crippen molar-refractivity contribution in [3.8, 4) is 0 Å². The van der Waals surface area contributed by atoms with Crippen molar-refractivity contribution in [1.82, 2.24) is 0 Å². The topological polar surface area (TPSA) is 43.4 Å². The van der Waals surface area contributed by atoms with Crippen LogP contribution >= 0.6 is 0 Å². The average molecular weight is 170 g/mol. The molecular formula is C9H14O3. The van der Waals surface area contributed by atoms with E-state index < -0.39 is 11.8 Å². The van der Waals surface area contributed by atoms with Crippen molar-refractivity contribution in [2.24, 2.45) is 0 Å². The minimum absolute atomic E-state index is 0.278. The van der Waals surface area contributed by atoms with Crippen LogP contribution in [0.15, 0.2) is 12.7 Å². The van der Waals surface area contributed by atoms with Crippen molar-refractivity contribution >= 4 is 11.8 Å². The van der Waals surface area contributed by atoms with Gasteiger partial charge in [0.25, 0.3) is 0 Å². The van der Waals surface area contributed by atoms with E-state index in [-0.39, 0.29) is 6.42 Å². The number of unbranched alkanes of at least 4 members (excludes halogenated alkanes) is 2. The number of ketones is 1. The highest BCUT2D eigenvalue weighted by atomic mass is 16.5. The van der Waals surface area contributed by atoms with E-state index in [2.05, 4.69) is 11.3 Å². The van der Waals surface area contributed by atoms with Crippen LogP contribution in [0.4, 0.5) is 0 Å². The third-order valence-corrected chi connectivity index (χ3v) is 1.48. The van der Waals surface area contributed by atoms with E-state index in [9.17, 15) is 9.59 Å². The number of hydrogen-bond donors (Lipinski definition) is 0. The van der Waals surface area contributed by atoms with Gasteiger partial charge in [-0.2, -0.15) is 0 Å². The van der Waals surface area contributed by atoms with Crippen LogP contribution in [-0.4, -0.2) is 18.9 Å². The first-order valence-electron chi connectivity index (χ1n) is 3.94. The van der Waals surface area contributed by atoms with E-state index in [0.29, 0.717) is 0 Å². The first-order chi connectivity index (χ1) is 5.72. The molecule has 0 bridgehead atoms. The summed E-state index contributed by atoms with van der Waals surface area (Å²) in [5, 5.41) is 0. The molecule has 0 fully saturated rings. The van der Waals surface area contributed by atoms with Crippen molar-refractivity contribution in [3.63, 3.8) is 0 Å². The lowest BCUT2D eigenvalue weighted by Crippen LogP contribution is -2.14. The van der Waals surface area contributed by atoms with Gasteiger partial charge in [-0.15, -0.1) is 6.58 Å². The maximum Gasteiger partial charge on any atom is 0.374 e. The predicted molar refractivity (Wildman–Crippen MR) is 45.7 cm³/mol. The molecule has 0 rings (SSSR count). The molecule has 0 spiro atoms. The zero-order valence-corrected chi connectivity index (χ0v) is 7.34. The predicted octanol–water partition coefficient (Wildman–Crippen LogP) is 1.47. The van der Waals surface area contributed by atoms with Gasteiger partial charge in [-0.25, -0.2) is 4.79 Å². The standard InChI is InChI=1S/C9H14O3/c1-3-4-5-6-7-8(10)9(11)12-2/h3H,1,4-7H2,2H3. The third-order valence-electron chi connectivity index (χ3n) is 1.48. The fourth-order valence-electron chi connectivity index (χ4n) is 0.790. The lowest BCUT2D eigenvalue weighted by Gasteiger charge is -1.96. The smallest absolute Gasteiger partial charge is 0.374 e. The molecule has 0 aromatic heterocycles. The van der Waals surface area contributed by atoms with Gasteiger partial charge in [0, 0.05) is 6.42 Å². The molecule has 0 radical (unpaired) electrons. The summed E-state index contributed by atoms with van der Waals surface area (Å²) < 4.78 is 4.26. The number of rotatable bonds is 6. The van der Waals surface area contributed by atoms with Crippen molar-refractivity contribution < 1.29 is 14.3 Å². The van der Waals surface area contributed by atoms with E-state index in [1.54, 1.807) is 6.08 Å². The maximum atomic E-state index is 10.8. The van der Waals surface area contributed by atoms with Gasteiger partial charge in [-0.05, 0) is 19.3 Å². The second-order valence-corrected chi connectivity index (χ2v) is 2.45. The molecule has 0 saturated carbocycles. The van der Waals surface area contributed by atoms with Gasteiger partial charge >= 0.3 is 5.97 Å². The second kappa shape index (κ2) is 6.58. The van der Waals surface area contributed by atoms with Crippen LogP contribution in [0.1, 0.15) is 25.7 Å². The fourth-order valence-corrected chi connectivity index (χ4v) is 0.790. The number of Topliss-reactive ketones (excluding diaryl/α,β-unsaturated/α-hetero) is 1. The Bertz CT molecular complexity index is 173. The normalized spacial score (nSPS) is 9.08. The summed E-state index contributed by atoms with van der Waals surface area (Å²) in [6.45, 7) is 3.55. The summed E-state index contributed by atoms with van der Waals surface area (Å²) in [5.41, 5.74) is 0. The quantitative estimate of drug-likeness (QED) is 0.262. The Morgan fingerprint density at radius 1 is 1.42 bits per heavy atom. The number of methoxy groups -OCH3 is 1. The van der Waals surface area contributed by atoms with Crippen LogP contribution in [0.25, 0.3) is 0 Å². The minimum atomic E-state index is -0.742. The molecule has 0 atom stereocenters. The first-order valence-corrected chi connectivity index (χ1v) is 3.94. The number of hydrogen-bond acceptors (Lipinski definition) is 3. The summed E-state index contributed by atoms with van der Waals surface area (Å²) in [6, 6.07) is 0. The molecule has 0 heterocycles. The zero-order valence-electron chi connectivity index (χ0n) is 7.34. The molecular weight excluding hydrogens is 156 g/mol. The molecule has 12 heavy (non-hydrogen) atoms. The Hall–Kier alpha value is -1.12. The van der Waals surface area contributed by atoms with Gasteiger partial charge in [0.05, 0.1) is 7.11 Å². The third kappa shape index (κ3) is 4.66. The molecule has 0 aromatic carbocycles. The number of ether oxygens (including phenoxy) is 1. The van der Waals surface area contributed by atoms with Gasteiger partial charge < -0.3 is 4.74 Å². The first kappa shape index (κ1) is 10.9. The molecule has 0 aliphatic rings. The highest BCUT2D eigenvalue weighted by molar-refractivity contribution is 6.33. The average Bonchev–Trinajstić information content (AvgIpc) is 2.10. The number of carbonyl (C=O) groups is 2. The van der Waals surface area contributed by atoms with Crippen molar-refractivity contribution in [2.75, 3.05) is 7.11 Å². The number of carbonyl (C=O) groups excluding carboxylic acids is 2. The van der Waals surface area contributed by atoms with Crippen LogP contribution in [-0.2, 0) is 14.3 Å². The summed E-state index contributed by atoms with van der Waals surface area (Å²) in [7, 11) is 1.21. The molecule has 0 N–H and O–H groups in total. The zero-order chi connectivity index (χ0) is 9.40. The largest absolute Gasteiger partial charge is 0.463 e. The van der Waals surface area contributed by atoms with Crippen LogP contribution < -0.4 is 0 Å². The van der Waals surface area contributed by atoms with Crippen LogP contribution in [0.3, 0.4) is 0 Å². The summed E-state index contributed by atoms with van der Waals surface area (Å²) in [6.07, 6.45) is 4.57. The van der Waals surface area contributed by atoms with Crippen LogP contribution in [0.5, 0.6) is 0 Å². The minimum Gasteiger partial charge on any atom is -0.463 e. The molecule has 0 unspecified atom stereocenters. The van der Waals surface area contributed by atoms with Gasteiger partial charge in [0.15, 0.2) is 0 Å². The van der Waals surface area contributed by atoms with E-state index in [1.807, 2.05) is 0 Å². The highest BCUT2D eigenvalue weighted by Gasteiger charge is 2.11. The van der Waals surface area contributed by atoms with Gasteiger partial charge in [-0.1, -0.05) is 6.08 Å². The van der Waals surface area contributed by atoms with Crippen LogP contribution in [0, 0.1) is 0 Å². The Morgan fingerprint density at radius 3 is 2.58 bits per heavy atom. The molecule has 68 valence electrons. The Morgan fingerprint density at radius 2 is 2.08 bits per heavy atom. The van der Waals surface area contributed by atoms with E-state index in [0.717, 1.165) is 19.3 Å². The molecule has 0 amide bonds. The molecule has 3 nitrogen and oxygen atoms in total. The van der Waals surface area contributed by atoms with E-state index in [4.69, 9.17) is 0 Å². The monoisotopic (exact) mass is 170 g/mol. The van der Waals surface area contributed by atoms with Crippen molar-refractivity contribution in [2.45, 2.75) is 25.7 Å². The van der Waals surface area contributed by atoms with Crippen LogP contribution in [0.2, 0.25) is 0 Å². The Kier molecular flexibility index (Phi) is 5.97. The Labute approximate surface area is 72.4 Å². The van der Waals surface area contributed by atoms with E-state index >= 15 is 0 Å². The van der Waals surface area contributed by atoms with Gasteiger partial charge in [-0.3, -0.25) is 4.79 Å². The lowest BCUT2D eigenvalue weighted by atomic mass is 10.1. The molecule has 3 heteroatoms. The second-order valence-electron chi connectivity index (χ2n) is 2.45. The number of allylic oxidation sites excluding steroid dienone is 1. The SMILES string of the molecule is C=CCCCCC(=O)C(=O)OC. The molecule has 0 aromatic rings. The summed E-state index contributed by atoms with van der Waals surface area (Å²) in [5.74, 6) is -1.19. The van der Waals surface area contributed by atoms with Gasteiger partial charge in [0.1, 0.15) is 0 Å². The molecule has 0 aliphatic heterocycles. The summed E-state index contributed by atoms with van der Waals surface area (Å²) >= 11 is 0. The van der Waals surface area contributed by atoms with Crippen molar-refractivity contribution in [1.29, 1.82) is 0 Å². The van der Waals surface area contributed by atoms with Crippen molar-refractivity contribution in [3.05, 3.63) is 12.7 Å². The fraction of sp³-hybridized carbons (Fsp3) is 0.556. The maximum absolute atomic E-state index is 10.8. The molecule has 0 aliphatic carbocycles.